The van der Waals surface area contributed by atoms with E-state index in [1.165, 1.54) is 10.5 Å². The van der Waals surface area contributed by atoms with Crippen LogP contribution in [0.2, 0.25) is 0 Å². The molecule has 6 heteroatoms. The second-order valence-electron chi connectivity index (χ2n) is 7.69. The average molecular weight is 348 g/mol. The third-order valence-electron chi connectivity index (χ3n) is 4.99. The summed E-state index contributed by atoms with van der Waals surface area (Å²) in [5, 5.41) is 9.21. The van der Waals surface area contributed by atoms with E-state index in [1.54, 1.807) is 0 Å². The van der Waals surface area contributed by atoms with Crippen LogP contribution in [0.5, 0.6) is 0 Å². The van der Waals surface area contributed by atoms with Crippen molar-refractivity contribution in [3.05, 3.63) is 35.4 Å². The fourth-order valence-corrected chi connectivity index (χ4v) is 4.28. The third-order valence-corrected chi connectivity index (χ3v) is 6.39. The summed E-state index contributed by atoms with van der Waals surface area (Å²) in [4.78, 5) is 12.7. The van der Waals surface area contributed by atoms with Crippen LogP contribution in [0.4, 0.5) is 4.79 Å². The van der Waals surface area contributed by atoms with Gasteiger partial charge in [0.2, 0.25) is 0 Å². The zero-order valence-electron chi connectivity index (χ0n) is 14.4. The van der Waals surface area contributed by atoms with Crippen LogP contribution in [0.1, 0.15) is 44.7 Å². The number of carbonyl (C=O) groups is 1. The maximum absolute atomic E-state index is 12.6. The predicted octanol–water partition coefficient (Wildman–Crippen LogP) is 3.25. The van der Waals surface area contributed by atoms with E-state index in [1.807, 2.05) is 39.0 Å². The van der Waals surface area contributed by atoms with Crippen LogP contribution in [-0.4, -0.2) is 44.2 Å². The van der Waals surface area contributed by atoms with Crippen molar-refractivity contribution in [1.29, 1.82) is 0 Å². The largest absolute Gasteiger partial charge is 0.591 e. The summed E-state index contributed by atoms with van der Waals surface area (Å²) in [6, 6.07) is 8.15. The molecule has 1 amide bonds. The fourth-order valence-electron chi connectivity index (χ4n) is 3.54. The molecule has 2 aliphatic rings. The number of carboxylic acid groups (broad SMARTS) is 1. The molecule has 1 saturated heterocycles. The van der Waals surface area contributed by atoms with Crippen LogP contribution in [0.25, 0.3) is 0 Å². The molecule has 1 aromatic carbocycles. The number of nitrogens with zero attached hydrogens (tertiary/aromatic N) is 2. The summed E-state index contributed by atoms with van der Waals surface area (Å²) >= 11 is -1.32. The van der Waals surface area contributed by atoms with Gasteiger partial charge in [-0.15, -0.1) is 0 Å². The molecule has 24 heavy (non-hydrogen) atoms. The van der Waals surface area contributed by atoms with Gasteiger partial charge in [-0.1, -0.05) is 28.7 Å². The SMILES string of the molecule is CC(C)(C)[S+]([O-])/N=C1\c2ccccc2CC12CCN(C(=O)O)CC2. The van der Waals surface area contributed by atoms with Crippen LogP contribution in [0.15, 0.2) is 28.7 Å². The number of piperidine rings is 1. The molecule has 1 fully saturated rings. The van der Waals surface area contributed by atoms with E-state index >= 15 is 0 Å². The molecule has 0 radical (unpaired) electrons. The van der Waals surface area contributed by atoms with Gasteiger partial charge in [-0.05, 0) is 45.6 Å². The minimum absolute atomic E-state index is 0.184. The van der Waals surface area contributed by atoms with Crippen LogP contribution in [0, 0.1) is 5.41 Å². The molecule has 1 N–H and O–H groups in total. The summed E-state index contributed by atoms with van der Waals surface area (Å²) in [5.74, 6) is 0. The lowest BCUT2D eigenvalue weighted by atomic mass is 9.74. The van der Waals surface area contributed by atoms with Crippen molar-refractivity contribution < 1.29 is 14.5 Å². The molecule has 1 unspecified atom stereocenters. The van der Waals surface area contributed by atoms with Gasteiger partial charge in [0.05, 0.1) is 0 Å². The smallest absolute Gasteiger partial charge is 0.407 e. The first kappa shape index (κ1) is 17.3. The third kappa shape index (κ3) is 3.05. The molecule has 0 saturated carbocycles. The first-order valence-corrected chi connectivity index (χ1v) is 9.41. The molecule has 1 heterocycles. The molecule has 5 nitrogen and oxygen atoms in total. The van der Waals surface area contributed by atoms with Gasteiger partial charge in [0.15, 0.2) is 0 Å². The first-order valence-electron chi connectivity index (χ1n) is 8.30. The van der Waals surface area contributed by atoms with Crippen molar-refractivity contribution in [2.24, 2.45) is 9.81 Å². The number of amides is 1. The Morgan fingerprint density at radius 2 is 1.92 bits per heavy atom. The molecule has 1 aliphatic carbocycles. The molecule has 0 bridgehead atoms. The second kappa shape index (κ2) is 6.08. The van der Waals surface area contributed by atoms with Gasteiger partial charge >= 0.3 is 6.09 Å². The van der Waals surface area contributed by atoms with E-state index in [2.05, 4.69) is 10.5 Å². The van der Waals surface area contributed by atoms with Crippen LogP contribution < -0.4 is 0 Å². The number of likely N-dealkylation sites (tertiary alicyclic amines) is 1. The molecule has 1 aromatic rings. The lowest BCUT2D eigenvalue weighted by molar-refractivity contribution is 0.115. The molecule has 1 aliphatic heterocycles. The van der Waals surface area contributed by atoms with Crippen molar-refractivity contribution in [2.75, 3.05) is 13.1 Å². The Balaban J connectivity index is 1.98. The zero-order valence-corrected chi connectivity index (χ0v) is 15.2. The first-order chi connectivity index (χ1) is 11.2. The Morgan fingerprint density at radius 1 is 1.29 bits per heavy atom. The van der Waals surface area contributed by atoms with Crippen LogP contribution in [-0.2, 0) is 17.8 Å². The highest BCUT2D eigenvalue weighted by Gasteiger charge is 2.47. The normalized spacial score (nSPS) is 22.7. The van der Waals surface area contributed by atoms with E-state index < -0.39 is 22.2 Å². The van der Waals surface area contributed by atoms with Crippen molar-refractivity contribution in [2.45, 2.75) is 44.8 Å². The fraction of sp³-hybridized carbons (Fsp3) is 0.556. The second-order valence-corrected chi connectivity index (χ2v) is 9.59. The Bertz CT molecular complexity index is 673. The Morgan fingerprint density at radius 3 is 2.50 bits per heavy atom. The van der Waals surface area contributed by atoms with E-state index in [0.29, 0.717) is 13.1 Å². The minimum Gasteiger partial charge on any atom is -0.591 e. The molecule has 1 spiro atoms. The topological polar surface area (TPSA) is 76.0 Å². The summed E-state index contributed by atoms with van der Waals surface area (Å²) in [6.07, 6.45) is 1.45. The van der Waals surface area contributed by atoms with Gasteiger partial charge < -0.3 is 14.6 Å². The van der Waals surface area contributed by atoms with Gasteiger partial charge in [-0.2, -0.15) is 0 Å². The predicted molar refractivity (Wildman–Crippen MR) is 95.8 cm³/mol. The van der Waals surface area contributed by atoms with E-state index in [4.69, 9.17) is 0 Å². The summed E-state index contributed by atoms with van der Waals surface area (Å²) in [6.45, 7) is 6.78. The summed E-state index contributed by atoms with van der Waals surface area (Å²) in [5.41, 5.74) is 3.04. The Kier molecular flexibility index (Phi) is 4.38. The number of hydrogen-bond acceptors (Lipinski definition) is 3. The van der Waals surface area contributed by atoms with E-state index in [9.17, 15) is 14.5 Å². The van der Waals surface area contributed by atoms with Gasteiger partial charge in [0.1, 0.15) is 21.8 Å². The molecule has 0 aromatic heterocycles. The molecule has 130 valence electrons. The monoisotopic (exact) mass is 348 g/mol. The Labute approximate surface area is 146 Å². The summed E-state index contributed by atoms with van der Waals surface area (Å²) < 4.78 is 16.9. The minimum atomic E-state index is -1.32. The van der Waals surface area contributed by atoms with E-state index in [-0.39, 0.29) is 5.41 Å². The van der Waals surface area contributed by atoms with E-state index in [0.717, 1.165) is 30.5 Å². The van der Waals surface area contributed by atoms with Crippen molar-refractivity contribution in [3.63, 3.8) is 0 Å². The van der Waals surface area contributed by atoms with Gasteiger partial charge in [-0.25, -0.2) is 4.79 Å². The Hall–Kier alpha value is -1.53. The zero-order chi connectivity index (χ0) is 17.5. The lowest BCUT2D eigenvalue weighted by Crippen LogP contribution is -2.45. The maximum atomic E-state index is 12.6. The van der Waals surface area contributed by atoms with Gasteiger partial charge in [0.25, 0.3) is 0 Å². The van der Waals surface area contributed by atoms with Gasteiger partial charge in [0, 0.05) is 24.1 Å². The van der Waals surface area contributed by atoms with Crippen LogP contribution >= 0.6 is 0 Å². The van der Waals surface area contributed by atoms with Crippen molar-refractivity contribution in [3.8, 4) is 0 Å². The highest BCUT2D eigenvalue weighted by atomic mass is 32.2. The number of fused-ring (bicyclic) bond motifs is 1. The highest BCUT2D eigenvalue weighted by Crippen LogP contribution is 2.45. The standard InChI is InChI=1S/C18H24N2O3S/c1-17(2,3)24(23)19-15-14-7-5-4-6-13(14)12-18(15)8-10-20(11-9-18)16(21)22/h4-7H,8-12H2,1-3H3,(H,21,22)/b19-15+. The van der Waals surface area contributed by atoms with Gasteiger partial charge in [-0.3, -0.25) is 0 Å². The van der Waals surface area contributed by atoms with Crippen molar-refractivity contribution in [1.82, 2.24) is 4.90 Å². The van der Waals surface area contributed by atoms with Crippen LogP contribution in [0.3, 0.4) is 0 Å². The quantitative estimate of drug-likeness (QED) is 0.792. The molecule has 1 atom stereocenters. The molecular weight excluding hydrogens is 324 g/mol. The molecular formula is C18H24N2O3S. The lowest BCUT2D eigenvalue weighted by Gasteiger charge is -2.38. The number of benzene rings is 1. The maximum Gasteiger partial charge on any atom is 0.407 e. The highest BCUT2D eigenvalue weighted by molar-refractivity contribution is 7.91. The van der Waals surface area contributed by atoms with Crippen molar-refractivity contribution >= 4 is 23.2 Å². The molecule has 3 rings (SSSR count). The number of hydrogen-bond donors (Lipinski definition) is 1. The summed E-state index contributed by atoms with van der Waals surface area (Å²) in [7, 11) is 0. The number of rotatable bonds is 1. The average Bonchev–Trinajstić information content (AvgIpc) is 2.80.